The fourth-order valence-corrected chi connectivity index (χ4v) is 2.97. The highest BCUT2D eigenvalue weighted by Crippen LogP contribution is 2.18. The smallest absolute Gasteiger partial charge is 0.251 e. The van der Waals surface area contributed by atoms with Gasteiger partial charge in [0, 0.05) is 30.8 Å². The van der Waals surface area contributed by atoms with E-state index in [4.69, 9.17) is 0 Å². The highest BCUT2D eigenvalue weighted by molar-refractivity contribution is 5.94. The third kappa shape index (κ3) is 7.14. The number of hydrogen-bond acceptors (Lipinski definition) is 5. The van der Waals surface area contributed by atoms with Crippen LogP contribution >= 0.6 is 0 Å². The van der Waals surface area contributed by atoms with E-state index in [-0.39, 0.29) is 25.4 Å². The van der Waals surface area contributed by atoms with E-state index in [0.29, 0.717) is 23.6 Å². The number of halogens is 2. The molecule has 0 saturated carbocycles. The summed E-state index contributed by atoms with van der Waals surface area (Å²) in [6.45, 7) is 5.90. The first-order chi connectivity index (χ1) is 13.7. The van der Waals surface area contributed by atoms with Gasteiger partial charge in [0.25, 0.3) is 5.91 Å². The molecule has 0 radical (unpaired) electrons. The lowest BCUT2D eigenvalue weighted by Crippen LogP contribution is -2.45. The first-order valence-electron chi connectivity index (χ1n) is 9.61. The second kappa shape index (κ2) is 10.4. The van der Waals surface area contributed by atoms with Crippen molar-refractivity contribution < 1.29 is 18.7 Å². The van der Waals surface area contributed by atoms with E-state index in [0.717, 1.165) is 0 Å². The van der Waals surface area contributed by atoms with Crippen molar-refractivity contribution in [3.63, 3.8) is 0 Å². The van der Waals surface area contributed by atoms with Crippen LogP contribution in [0.2, 0.25) is 0 Å². The molecule has 1 heterocycles. The number of amides is 1. The van der Waals surface area contributed by atoms with Crippen LogP contribution in [0.5, 0.6) is 0 Å². The van der Waals surface area contributed by atoms with Gasteiger partial charge in [-0.3, -0.25) is 9.69 Å². The number of alkyl halides is 2. The SMILES string of the molecule is CCN(Cc1nccc(C(C)(C)O)n1)C(CNC(=O)c1ccccc1)CC(F)F. The highest BCUT2D eigenvalue weighted by Gasteiger charge is 2.24. The van der Waals surface area contributed by atoms with Crippen molar-refractivity contribution in [1.29, 1.82) is 0 Å². The average molecular weight is 406 g/mol. The van der Waals surface area contributed by atoms with Crippen LogP contribution in [0, 0.1) is 0 Å². The van der Waals surface area contributed by atoms with Crippen LogP contribution in [0.3, 0.4) is 0 Å². The third-order valence-corrected chi connectivity index (χ3v) is 4.58. The Kier molecular flexibility index (Phi) is 8.16. The zero-order chi connectivity index (χ0) is 21.4. The summed E-state index contributed by atoms with van der Waals surface area (Å²) in [7, 11) is 0. The topological polar surface area (TPSA) is 78.3 Å². The van der Waals surface area contributed by atoms with E-state index in [1.54, 1.807) is 61.3 Å². The Labute approximate surface area is 170 Å². The number of benzene rings is 1. The minimum Gasteiger partial charge on any atom is -0.384 e. The molecule has 1 atom stereocenters. The Balaban J connectivity index is 2.11. The lowest BCUT2D eigenvalue weighted by molar-refractivity contribution is 0.0691. The maximum absolute atomic E-state index is 13.2. The van der Waals surface area contributed by atoms with Crippen molar-refractivity contribution in [2.24, 2.45) is 0 Å². The summed E-state index contributed by atoms with van der Waals surface area (Å²) in [5.41, 5.74) is -0.185. The molecule has 2 aromatic rings. The van der Waals surface area contributed by atoms with Gasteiger partial charge in [-0.05, 0) is 38.6 Å². The summed E-state index contributed by atoms with van der Waals surface area (Å²) < 4.78 is 26.4. The van der Waals surface area contributed by atoms with Gasteiger partial charge in [-0.2, -0.15) is 0 Å². The number of aliphatic hydroxyl groups is 1. The quantitative estimate of drug-likeness (QED) is 0.634. The van der Waals surface area contributed by atoms with Crippen LogP contribution in [-0.2, 0) is 12.1 Å². The molecule has 158 valence electrons. The number of aromatic nitrogens is 2. The van der Waals surface area contributed by atoms with Gasteiger partial charge in [0.1, 0.15) is 11.4 Å². The van der Waals surface area contributed by atoms with E-state index in [9.17, 15) is 18.7 Å². The van der Waals surface area contributed by atoms with Crippen LogP contribution in [0.4, 0.5) is 8.78 Å². The largest absolute Gasteiger partial charge is 0.384 e. The molecule has 1 aromatic carbocycles. The average Bonchev–Trinajstić information content (AvgIpc) is 2.69. The van der Waals surface area contributed by atoms with Crippen molar-refractivity contribution in [3.05, 3.63) is 59.7 Å². The summed E-state index contributed by atoms with van der Waals surface area (Å²) in [6.07, 6.45) is -1.34. The Morgan fingerprint density at radius 2 is 1.93 bits per heavy atom. The van der Waals surface area contributed by atoms with Crippen LogP contribution in [0.25, 0.3) is 0 Å². The molecular formula is C21H28F2N4O2. The fourth-order valence-electron chi connectivity index (χ4n) is 2.97. The molecule has 6 nitrogen and oxygen atoms in total. The number of hydrogen-bond donors (Lipinski definition) is 2. The number of nitrogens with zero attached hydrogens (tertiary/aromatic N) is 3. The molecule has 8 heteroatoms. The molecule has 2 rings (SSSR count). The summed E-state index contributed by atoms with van der Waals surface area (Å²) >= 11 is 0. The summed E-state index contributed by atoms with van der Waals surface area (Å²) in [6, 6.07) is 9.68. The molecule has 1 unspecified atom stereocenters. The van der Waals surface area contributed by atoms with Gasteiger partial charge < -0.3 is 10.4 Å². The summed E-state index contributed by atoms with van der Waals surface area (Å²) in [4.78, 5) is 22.7. The van der Waals surface area contributed by atoms with Crippen LogP contribution in [0.15, 0.2) is 42.6 Å². The zero-order valence-electron chi connectivity index (χ0n) is 17.0. The molecule has 0 aliphatic rings. The van der Waals surface area contributed by atoms with Crippen LogP contribution < -0.4 is 5.32 Å². The molecule has 0 aliphatic heterocycles. The third-order valence-electron chi connectivity index (χ3n) is 4.58. The first-order valence-corrected chi connectivity index (χ1v) is 9.61. The standard InChI is InChI=1S/C21H28F2N4O2/c1-4-27(14-19-24-11-10-17(26-19)21(2,3)29)16(12-18(22)23)13-25-20(28)15-8-6-5-7-9-15/h5-11,16,18,29H,4,12-14H2,1-3H3,(H,25,28). The Bertz CT molecular complexity index is 782. The minimum atomic E-state index is -2.51. The van der Waals surface area contributed by atoms with E-state index in [1.807, 2.05) is 6.92 Å². The van der Waals surface area contributed by atoms with Gasteiger partial charge in [0.2, 0.25) is 6.43 Å². The highest BCUT2D eigenvalue weighted by atomic mass is 19.3. The van der Waals surface area contributed by atoms with Gasteiger partial charge >= 0.3 is 0 Å². The van der Waals surface area contributed by atoms with Gasteiger partial charge in [-0.15, -0.1) is 0 Å². The van der Waals surface area contributed by atoms with E-state index < -0.39 is 18.1 Å². The molecule has 0 aliphatic carbocycles. The lowest BCUT2D eigenvalue weighted by Gasteiger charge is -2.30. The van der Waals surface area contributed by atoms with Crippen molar-refractivity contribution in [1.82, 2.24) is 20.2 Å². The monoisotopic (exact) mass is 406 g/mol. The van der Waals surface area contributed by atoms with E-state index in [2.05, 4.69) is 15.3 Å². The fraction of sp³-hybridized carbons (Fsp3) is 0.476. The number of rotatable bonds is 10. The number of carbonyl (C=O) groups excluding carboxylic acids is 1. The number of carbonyl (C=O) groups is 1. The van der Waals surface area contributed by atoms with Crippen LogP contribution in [-0.4, -0.2) is 51.4 Å². The Hall–Kier alpha value is -2.45. The molecule has 1 aromatic heterocycles. The van der Waals surface area contributed by atoms with Crippen molar-refractivity contribution in [3.8, 4) is 0 Å². The molecule has 0 bridgehead atoms. The van der Waals surface area contributed by atoms with E-state index >= 15 is 0 Å². The maximum Gasteiger partial charge on any atom is 0.251 e. The van der Waals surface area contributed by atoms with Gasteiger partial charge in [0.15, 0.2) is 0 Å². The van der Waals surface area contributed by atoms with Crippen LogP contribution in [0.1, 0.15) is 49.1 Å². The Morgan fingerprint density at radius 3 is 2.52 bits per heavy atom. The second-order valence-corrected chi connectivity index (χ2v) is 7.34. The maximum atomic E-state index is 13.2. The lowest BCUT2D eigenvalue weighted by atomic mass is 10.1. The molecular weight excluding hydrogens is 378 g/mol. The zero-order valence-corrected chi connectivity index (χ0v) is 17.0. The van der Waals surface area contributed by atoms with Crippen molar-refractivity contribution in [2.45, 2.75) is 51.8 Å². The van der Waals surface area contributed by atoms with E-state index in [1.165, 1.54) is 0 Å². The molecule has 29 heavy (non-hydrogen) atoms. The first kappa shape index (κ1) is 22.8. The van der Waals surface area contributed by atoms with Crippen molar-refractivity contribution in [2.75, 3.05) is 13.1 Å². The number of likely N-dealkylation sites (N-methyl/N-ethyl adjacent to an activating group) is 1. The molecule has 0 spiro atoms. The predicted molar refractivity (Wildman–Crippen MR) is 107 cm³/mol. The Morgan fingerprint density at radius 1 is 1.24 bits per heavy atom. The van der Waals surface area contributed by atoms with Gasteiger partial charge in [-0.25, -0.2) is 18.7 Å². The minimum absolute atomic E-state index is 0.0804. The second-order valence-electron chi connectivity index (χ2n) is 7.34. The number of nitrogens with one attached hydrogen (secondary N) is 1. The molecule has 2 N–H and O–H groups in total. The van der Waals surface area contributed by atoms with Gasteiger partial charge in [0.05, 0.1) is 12.2 Å². The molecule has 1 amide bonds. The summed E-state index contributed by atoms with van der Waals surface area (Å²) in [5, 5.41) is 12.9. The predicted octanol–water partition coefficient (Wildman–Crippen LogP) is 2.98. The van der Waals surface area contributed by atoms with Crippen molar-refractivity contribution >= 4 is 5.91 Å². The summed E-state index contributed by atoms with van der Waals surface area (Å²) in [5.74, 6) is 0.126. The molecule has 0 saturated heterocycles. The van der Waals surface area contributed by atoms with Gasteiger partial charge in [-0.1, -0.05) is 25.1 Å². The normalized spacial score (nSPS) is 13.0. The molecule has 0 fully saturated rings.